The molecule has 0 spiro atoms. The van der Waals surface area contributed by atoms with Crippen LogP contribution >= 0.6 is 23.2 Å². The van der Waals surface area contributed by atoms with Gasteiger partial charge in [0.2, 0.25) is 0 Å². The molecule has 14 heavy (non-hydrogen) atoms. The second-order valence-corrected chi connectivity index (χ2v) is 3.96. The Bertz CT molecular complexity index is 475. The van der Waals surface area contributed by atoms with Crippen molar-refractivity contribution in [3.63, 3.8) is 0 Å². The molecule has 1 aromatic carbocycles. The molecule has 2 rings (SSSR count). The Morgan fingerprint density at radius 2 is 2.00 bits per heavy atom. The molecule has 0 aliphatic rings. The van der Waals surface area contributed by atoms with Crippen LogP contribution in [-0.4, -0.2) is 9.97 Å². The van der Waals surface area contributed by atoms with Gasteiger partial charge in [0.25, 0.3) is 0 Å². The Morgan fingerprint density at radius 1 is 1.36 bits per heavy atom. The van der Waals surface area contributed by atoms with Crippen LogP contribution in [0, 0.1) is 0 Å². The summed E-state index contributed by atoms with van der Waals surface area (Å²) >= 11 is 11.7. The molecule has 0 saturated heterocycles. The normalized spacial score (nSPS) is 10.8. The highest BCUT2D eigenvalue weighted by molar-refractivity contribution is 6.42. The molecule has 0 amide bonds. The standard InChI is InChI=1S/C10H8Cl2N2/c1-5(2)10-13-8-3-6(11)7(12)4-9(8)14-10/h3-4H,1H2,2H3,(H,13,14). The van der Waals surface area contributed by atoms with Crippen molar-refractivity contribution in [2.24, 2.45) is 0 Å². The first-order valence-corrected chi connectivity index (χ1v) is 4.84. The molecule has 1 aromatic heterocycles. The fraction of sp³-hybridized carbons (Fsp3) is 0.100. The van der Waals surface area contributed by atoms with Crippen LogP contribution in [0.5, 0.6) is 0 Å². The maximum Gasteiger partial charge on any atom is 0.133 e. The highest BCUT2D eigenvalue weighted by atomic mass is 35.5. The molecule has 2 nitrogen and oxygen atoms in total. The molecule has 1 heterocycles. The lowest BCUT2D eigenvalue weighted by atomic mass is 10.3. The molecule has 0 aliphatic heterocycles. The SMILES string of the molecule is C=C(C)c1nc2cc(Cl)c(Cl)cc2[nH]1. The molecule has 2 aromatic rings. The number of halogens is 2. The number of benzene rings is 1. The fourth-order valence-electron chi connectivity index (χ4n) is 1.21. The number of nitrogens with zero attached hydrogens (tertiary/aromatic N) is 1. The van der Waals surface area contributed by atoms with Gasteiger partial charge >= 0.3 is 0 Å². The molecule has 0 atom stereocenters. The molecule has 0 aliphatic carbocycles. The molecule has 0 radical (unpaired) electrons. The van der Waals surface area contributed by atoms with E-state index in [1.54, 1.807) is 12.1 Å². The minimum atomic E-state index is 0.513. The van der Waals surface area contributed by atoms with Gasteiger partial charge in [-0.25, -0.2) is 4.98 Å². The van der Waals surface area contributed by atoms with Gasteiger partial charge in [0.15, 0.2) is 0 Å². The van der Waals surface area contributed by atoms with Crippen molar-refractivity contribution in [1.29, 1.82) is 0 Å². The van der Waals surface area contributed by atoms with Gasteiger partial charge in [-0.2, -0.15) is 0 Å². The van der Waals surface area contributed by atoms with E-state index in [-0.39, 0.29) is 0 Å². The molecular formula is C10H8Cl2N2. The van der Waals surface area contributed by atoms with Gasteiger partial charge in [0.1, 0.15) is 5.82 Å². The molecule has 1 N–H and O–H groups in total. The van der Waals surface area contributed by atoms with Crippen LogP contribution in [0.15, 0.2) is 18.7 Å². The Hall–Kier alpha value is -0.990. The van der Waals surface area contributed by atoms with Crippen LogP contribution in [0.25, 0.3) is 16.6 Å². The number of allylic oxidation sites excluding steroid dienone is 1. The van der Waals surface area contributed by atoms with Crippen molar-refractivity contribution in [3.8, 4) is 0 Å². The van der Waals surface area contributed by atoms with E-state index in [0.29, 0.717) is 10.0 Å². The lowest BCUT2D eigenvalue weighted by Crippen LogP contribution is -1.78. The molecule has 4 heteroatoms. The van der Waals surface area contributed by atoms with Crippen molar-refractivity contribution in [3.05, 3.63) is 34.6 Å². The van der Waals surface area contributed by atoms with Crippen LogP contribution < -0.4 is 0 Å². The van der Waals surface area contributed by atoms with Gasteiger partial charge in [0.05, 0.1) is 21.1 Å². The lowest BCUT2D eigenvalue weighted by molar-refractivity contribution is 1.26. The van der Waals surface area contributed by atoms with Crippen molar-refractivity contribution in [2.75, 3.05) is 0 Å². The van der Waals surface area contributed by atoms with Gasteiger partial charge in [-0.15, -0.1) is 0 Å². The van der Waals surface area contributed by atoms with Crippen LogP contribution in [-0.2, 0) is 0 Å². The largest absolute Gasteiger partial charge is 0.338 e. The number of hydrogen-bond acceptors (Lipinski definition) is 1. The molecule has 0 saturated carbocycles. The average molecular weight is 227 g/mol. The quantitative estimate of drug-likeness (QED) is 0.786. The second-order valence-electron chi connectivity index (χ2n) is 3.15. The predicted octanol–water partition coefficient (Wildman–Crippen LogP) is 3.90. The van der Waals surface area contributed by atoms with E-state index < -0.39 is 0 Å². The maximum atomic E-state index is 5.87. The van der Waals surface area contributed by atoms with E-state index in [9.17, 15) is 0 Å². The zero-order valence-electron chi connectivity index (χ0n) is 7.56. The van der Waals surface area contributed by atoms with Gasteiger partial charge in [-0.3, -0.25) is 0 Å². The Morgan fingerprint density at radius 3 is 2.64 bits per heavy atom. The first-order chi connectivity index (χ1) is 6.58. The summed E-state index contributed by atoms with van der Waals surface area (Å²) in [5.41, 5.74) is 2.56. The molecule has 72 valence electrons. The van der Waals surface area contributed by atoms with Crippen molar-refractivity contribution in [1.82, 2.24) is 9.97 Å². The Balaban J connectivity index is 2.72. The summed E-state index contributed by atoms with van der Waals surface area (Å²) in [5, 5.41) is 1.04. The van der Waals surface area contributed by atoms with E-state index in [1.165, 1.54) is 0 Å². The van der Waals surface area contributed by atoms with E-state index in [1.807, 2.05) is 6.92 Å². The Kier molecular flexibility index (Phi) is 2.25. The average Bonchev–Trinajstić information content (AvgIpc) is 2.48. The molecular weight excluding hydrogens is 219 g/mol. The number of rotatable bonds is 1. The third kappa shape index (κ3) is 1.51. The summed E-state index contributed by atoms with van der Waals surface area (Å²) in [7, 11) is 0. The monoisotopic (exact) mass is 226 g/mol. The van der Waals surface area contributed by atoms with E-state index in [0.717, 1.165) is 22.4 Å². The number of fused-ring (bicyclic) bond motifs is 1. The Labute approximate surface area is 91.6 Å². The van der Waals surface area contributed by atoms with Crippen LogP contribution in [0.4, 0.5) is 0 Å². The molecule has 0 bridgehead atoms. The van der Waals surface area contributed by atoms with Crippen molar-refractivity contribution >= 4 is 39.8 Å². The number of nitrogens with one attached hydrogen (secondary N) is 1. The zero-order valence-corrected chi connectivity index (χ0v) is 9.08. The molecule has 0 unspecified atom stereocenters. The number of aromatic amines is 1. The van der Waals surface area contributed by atoms with E-state index >= 15 is 0 Å². The zero-order chi connectivity index (χ0) is 10.3. The first-order valence-electron chi connectivity index (χ1n) is 4.08. The summed E-state index contributed by atoms with van der Waals surface area (Å²) < 4.78 is 0. The lowest BCUT2D eigenvalue weighted by Gasteiger charge is -1.93. The minimum Gasteiger partial charge on any atom is -0.338 e. The van der Waals surface area contributed by atoms with Gasteiger partial charge in [0, 0.05) is 0 Å². The second kappa shape index (κ2) is 3.30. The number of imidazole rings is 1. The topological polar surface area (TPSA) is 28.7 Å². The molecule has 0 fully saturated rings. The third-order valence-corrected chi connectivity index (χ3v) is 2.65. The number of hydrogen-bond donors (Lipinski definition) is 1. The first kappa shape index (κ1) is 9.56. The summed E-state index contributed by atoms with van der Waals surface area (Å²) in [4.78, 5) is 7.43. The minimum absolute atomic E-state index is 0.513. The van der Waals surface area contributed by atoms with Gasteiger partial charge in [-0.05, 0) is 24.6 Å². The van der Waals surface area contributed by atoms with E-state index in [4.69, 9.17) is 23.2 Å². The predicted molar refractivity (Wildman–Crippen MR) is 60.8 cm³/mol. The van der Waals surface area contributed by atoms with Gasteiger partial charge in [-0.1, -0.05) is 29.8 Å². The highest BCUT2D eigenvalue weighted by Gasteiger charge is 2.06. The van der Waals surface area contributed by atoms with Crippen LogP contribution in [0.2, 0.25) is 10.0 Å². The van der Waals surface area contributed by atoms with Crippen molar-refractivity contribution < 1.29 is 0 Å². The summed E-state index contributed by atoms with van der Waals surface area (Å²) in [6, 6.07) is 3.50. The third-order valence-electron chi connectivity index (χ3n) is 1.93. The highest BCUT2D eigenvalue weighted by Crippen LogP contribution is 2.27. The van der Waals surface area contributed by atoms with Crippen LogP contribution in [0.3, 0.4) is 0 Å². The number of H-pyrrole nitrogens is 1. The van der Waals surface area contributed by atoms with E-state index in [2.05, 4.69) is 16.5 Å². The van der Waals surface area contributed by atoms with Crippen LogP contribution in [0.1, 0.15) is 12.7 Å². The summed E-state index contributed by atoms with van der Waals surface area (Å²) in [5.74, 6) is 0.762. The van der Waals surface area contributed by atoms with Gasteiger partial charge < -0.3 is 4.98 Å². The maximum absolute atomic E-state index is 5.87. The summed E-state index contributed by atoms with van der Waals surface area (Å²) in [6.45, 7) is 5.70. The van der Waals surface area contributed by atoms with Crippen molar-refractivity contribution in [2.45, 2.75) is 6.92 Å². The summed E-state index contributed by atoms with van der Waals surface area (Å²) in [6.07, 6.45) is 0. The fourth-order valence-corrected chi connectivity index (χ4v) is 1.53. The smallest absolute Gasteiger partial charge is 0.133 e. The number of aromatic nitrogens is 2.